The maximum Gasteiger partial charge on any atom is 0.315 e. The smallest absolute Gasteiger partial charge is 0.315 e. The van der Waals surface area contributed by atoms with Crippen molar-refractivity contribution >= 4 is 39.2 Å². The van der Waals surface area contributed by atoms with Crippen molar-refractivity contribution in [3.8, 4) is 5.75 Å². The van der Waals surface area contributed by atoms with Crippen molar-refractivity contribution in [1.82, 2.24) is 0 Å². The number of ether oxygens (including phenoxy) is 2. The Morgan fingerprint density at radius 2 is 1.82 bits per heavy atom. The largest absolute Gasteiger partial charge is 0.490 e. The second-order valence-corrected chi connectivity index (χ2v) is 8.26. The summed E-state index contributed by atoms with van der Waals surface area (Å²) in [6, 6.07) is 5.59. The first-order valence-corrected chi connectivity index (χ1v) is 8.67. The first-order chi connectivity index (χ1) is 10.1. The van der Waals surface area contributed by atoms with Crippen molar-refractivity contribution in [2.75, 3.05) is 13.2 Å². The molecule has 0 bridgehead atoms. The van der Waals surface area contributed by atoms with E-state index in [9.17, 15) is 13.2 Å². The topological polar surface area (TPSA) is 95.7 Å². The van der Waals surface area contributed by atoms with Crippen LogP contribution < -0.4 is 9.88 Å². The predicted molar refractivity (Wildman–Crippen MR) is 81.4 cm³/mol. The molecule has 1 aliphatic carbocycles. The highest BCUT2D eigenvalue weighted by atomic mass is 35.5. The molecule has 1 aromatic rings. The van der Waals surface area contributed by atoms with E-state index in [0.717, 1.165) is 0 Å². The van der Waals surface area contributed by atoms with Crippen LogP contribution in [0.4, 0.5) is 0 Å². The fraction of sp³-hybridized carbons (Fsp3) is 0.462. The minimum atomic E-state index is -3.73. The predicted octanol–water partition coefficient (Wildman–Crippen LogP) is 1.84. The first kappa shape index (κ1) is 17.3. The fourth-order valence-electron chi connectivity index (χ4n) is 1.80. The van der Waals surface area contributed by atoms with Crippen molar-refractivity contribution in [2.45, 2.75) is 22.6 Å². The molecule has 0 saturated heterocycles. The summed E-state index contributed by atoms with van der Waals surface area (Å²) < 4.78 is 31.5. The Hall–Kier alpha value is -1.02. The number of alkyl halides is 2. The quantitative estimate of drug-likeness (QED) is 0.470. The van der Waals surface area contributed by atoms with Gasteiger partial charge in [0.2, 0.25) is 10.0 Å². The molecule has 122 valence electrons. The summed E-state index contributed by atoms with van der Waals surface area (Å²) in [5.74, 6) is -0.0317. The van der Waals surface area contributed by atoms with Gasteiger partial charge in [-0.25, -0.2) is 13.6 Å². The van der Waals surface area contributed by atoms with Gasteiger partial charge in [-0.3, -0.25) is 4.79 Å². The molecule has 0 heterocycles. The summed E-state index contributed by atoms with van der Waals surface area (Å²) in [5.41, 5.74) is -0.868. The molecule has 0 aliphatic heterocycles. The van der Waals surface area contributed by atoms with Gasteiger partial charge in [0, 0.05) is 6.42 Å². The summed E-state index contributed by atoms with van der Waals surface area (Å²) in [6.45, 7) is 1.80. The third-order valence-electron chi connectivity index (χ3n) is 3.45. The molecule has 0 aromatic heterocycles. The van der Waals surface area contributed by atoms with E-state index in [1.165, 1.54) is 24.3 Å². The lowest BCUT2D eigenvalue weighted by Crippen LogP contribution is -2.23. The molecule has 6 nitrogen and oxygen atoms in total. The lowest BCUT2D eigenvalue weighted by atomic mass is 10.1. The molecule has 0 spiro atoms. The van der Waals surface area contributed by atoms with E-state index in [1.54, 1.807) is 6.92 Å². The maximum absolute atomic E-state index is 11.8. The summed E-state index contributed by atoms with van der Waals surface area (Å²) in [5, 5.41) is 4.98. The van der Waals surface area contributed by atoms with E-state index in [1.807, 2.05) is 0 Å². The van der Waals surface area contributed by atoms with Gasteiger partial charge in [0.1, 0.15) is 28.7 Å². The number of primary sulfonamides is 1. The van der Waals surface area contributed by atoms with Crippen molar-refractivity contribution in [3.63, 3.8) is 0 Å². The Morgan fingerprint density at radius 1 is 1.27 bits per heavy atom. The van der Waals surface area contributed by atoms with Gasteiger partial charge in [0.25, 0.3) is 0 Å². The van der Waals surface area contributed by atoms with E-state index in [-0.39, 0.29) is 18.1 Å². The Morgan fingerprint density at radius 3 is 2.27 bits per heavy atom. The van der Waals surface area contributed by atoms with Gasteiger partial charge in [-0.1, -0.05) is 0 Å². The van der Waals surface area contributed by atoms with Crippen LogP contribution in [0, 0.1) is 5.41 Å². The molecule has 2 rings (SSSR count). The van der Waals surface area contributed by atoms with Gasteiger partial charge in [-0.2, -0.15) is 0 Å². The highest BCUT2D eigenvalue weighted by Crippen LogP contribution is 2.64. The van der Waals surface area contributed by atoms with E-state index < -0.39 is 25.7 Å². The summed E-state index contributed by atoms with van der Waals surface area (Å²) in [6.07, 6.45) is 0.359. The maximum atomic E-state index is 11.8. The van der Waals surface area contributed by atoms with Gasteiger partial charge in [0.15, 0.2) is 0 Å². The van der Waals surface area contributed by atoms with Crippen molar-refractivity contribution in [3.05, 3.63) is 24.3 Å². The van der Waals surface area contributed by atoms with Crippen LogP contribution in [-0.2, 0) is 19.6 Å². The number of hydrogen-bond donors (Lipinski definition) is 1. The molecule has 1 fully saturated rings. The molecule has 1 saturated carbocycles. The van der Waals surface area contributed by atoms with Crippen molar-refractivity contribution in [1.29, 1.82) is 0 Å². The molecule has 1 aromatic carbocycles. The minimum absolute atomic E-state index is 0.00602. The number of carbonyl (C=O) groups excluding carboxylic acids is 1. The van der Waals surface area contributed by atoms with Gasteiger partial charge < -0.3 is 9.47 Å². The van der Waals surface area contributed by atoms with E-state index in [0.29, 0.717) is 12.2 Å². The number of hydrogen-bond acceptors (Lipinski definition) is 5. The average molecular weight is 368 g/mol. The number of halogens is 2. The van der Waals surface area contributed by atoms with Crippen LogP contribution in [0.15, 0.2) is 29.2 Å². The Balaban J connectivity index is 1.77. The molecular formula is C13H15Cl2NO5S. The van der Waals surface area contributed by atoms with Crippen molar-refractivity contribution < 1.29 is 22.7 Å². The molecule has 9 heteroatoms. The molecule has 2 N–H and O–H groups in total. The fourth-order valence-corrected chi connectivity index (χ4v) is 3.00. The molecule has 1 atom stereocenters. The number of nitrogens with two attached hydrogens (primary N) is 1. The summed E-state index contributed by atoms with van der Waals surface area (Å²) in [7, 11) is -3.73. The van der Waals surface area contributed by atoms with E-state index in [4.69, 9.17) is 37.8 Å². The summed E-state index contributed by atoms with van der Waals surface area (Å²) in [4.78, 5) is 11.8. The highest BCUT2D eigenvalue weighted by molar-refractivity contribution is 7.89. The summed E-state index contributed by atoms with van der Waals surface area (Å²) >= 11 is 11.8. The number of carbonyl (C=O) groups is 1. The third-order valence-corrected chi connectivity index (χ3v) is 5.48. The number of rotatable bonds is 6. The normalized spacial score (nSPS) is 22.9. The Kier molecular flexibility index (Phi) is 4.64. The van der Waals surface area contributed by atoms with Crippen molar-refractivity contribution in [2.24, 2.45) is 10.6 Å². The molecule has 0 amide bonds. The zero-order chi connectivity index (χ0) is 16.6. The number of sulfonamides is 1. The van der Waals surface area contributed by atoms with E-state index >= 15 is 0 Å². The Bertz CT molecular complexity index is 674. The second kappa shape index (κ2) is 5.88. The van der Waals surface area contributed by atoms with Crippen LogP contribution in [-0.4, -0.2) is 31.9 Å². The van der Waals surface area contributed by atoms with Gasteiger partial charge >= 0.3 is 5.97 Å². The standard InChI is InChI=1S/C13H15Cl2NO5S/c1-12(8-13(12,14)15)11(17)21-7-6-20-9-2-4-10(5-3-9)22(16,18)19/h2-5H,6-8H2,1H3,(H2,16,18,19)/t12-/m0/s1. The lowest BCUT2D eigenvalue weighted by Gasteiger charge is -2.12. The second-order valence-electron chi connectivity index (χ2n) is 5.21. The number of benzene rings is 1. The lowest BCUT2D eigenvalue weighted by molar-refractivity contribution is -0.150. The highest BCUT2D eigenvalue weighted by Gasteiger charge is 2.69. The third kappa shape index (κ3) is 3.65. The van der Waals surface area contributed by atoms with Crippen LogP contribution in [0.1, 0.15) is 13.3 Å². The monoisotopic (exact) mass is 367 g/mol. The molecule has 1 aliphatic rings. The van der Waals surface area contributed by atoms with Gasteiger partial charge in [-0.05, 0) is 31.2 Å². The van der Waals surface area contributed by atoms with Crippen LogP contribution in [0.2, 0.25) is 0 Å². The van der Waals surface area contributed by atoms with E-state index in [2.05, 4.69) is 0 Å². The zero-order valence-corrected chi connectivity index (χ0v) is 14.0. The zero-order valence-electron chi connectivity index (χ0n) is 11.7. The average Bonchev–Trinajstić information content (AvgIpc) is 2.94. The molecule has 0 unspecified atom stereocenters. The molecule has 0 radical (unpaired) electrons. The Labute approximate surface area is 138 Å². The van der Waals surface area contributed by atoms with Crippen LogP contribution in [0.3, 0.4) is 0 Å². The SMILES string of the molecule is C[C@@]1(C(=O)OCCOc2ccc(S(N)(=O)=O)cc2)CC1(Cl)Cl. The van der Waals surface area contributed by atoms with Gasteiger partial charge in [0.05, 0.1) is 4.90 Å². The van der Waals surface area contributed by atoms with Crippen LogP contribution in [0.25, 0.3) is 0 Å². The molecular weight excluding hydrogens is 353 g/mol. The van der Waals surface area contributed by atoms with Gasteiger partial charge in [-0.15, -0.1) is 23.2 Å². The first-order valence-electron chi connectivity index (χ1n) is 6.37. The minimum Gasteiger partial charge on any atom is -0.490 e. The van der Waals surface area contributed by atoms with Crippen LogP contribution >= 0.6 is 23.2 Å². The van der Waals surface area contributed by atoms with Crippen LogP contribution in [0.5, 0.6) is 5.75 Å². The molecule has 22 heavy (non-hydrogen) atoms. The number of esters is 1.